The second-order valence-corrected chi connectivity index (χ2v) is 3.38. The van der Waals surface area contributed by atoms with Gasteiger partial charge < -0.3 is 14.3 Å². The Morgan fingerprint density at radius 2 is 2.00 bits per heavy atom. The van der Waals surface area contributed by atoms with E-state index in [4.69, 9.17) is 9.15 Å². The van der Waals surface area contributed by atoms with Gasteiger partial charge in [0.2, 0.25) is 5.76 Å². The van der Waals surface area contributed by atoms with Crippen LogP contribution in [0.2, 0.25) is 0 Å². The predicted octanol–water partition coefficient (Wildman–Crippen LogP) is 2.70. The number of rotatable bonds is 2. The van der Waals surface area contributed by atoms with E-state index in [0.29, 0.717) is 5.39 Å². The summed E-state index contributed by atoms with van der Waals surface area (Å²) in [6, 6.07) is 5.17. The molecule has 0 amide bonds. The number of carbonyl (C=O) groups excluding carboxylic acids is 1. The van der Waals surface area contributed by atoms with Gasteiger partial charge in [-0.1, -0.05) is 13.8 Å². The van der Waals surface area contributed by atoms with Gasteiger partial charge in [-0.05, 0) is 19.1 Å². The number of hydrogen-bond acceptors (Lipinski definition) is 5. The number of hydrogen-bond donors (Lipinski definition) is 1. The van der Waals surface area contributed by atoms with Gasteiger partial charge in [0.1, 0.15) is 11.3 Å². The highest BCUT2D eigenvalue weighted by atomic mass is 16.5. The Hall–Kier alpha value is -2.30. The molecular weight excluding hydrogens is 248 g/mol. The molecule has 1 aromatic carbocycles. The summed E-state index contributed by atoms with van der Waals surface area (Å²) in [5.41, 5.74) is -0.199. The summed E-state index contributed by atoms with van der Waals surface area (Å²) in [5.74, 6) is -0.911. The summed E-state index contributed by atoms with van der Waals surface area (Å²) in [6.45, 7) is 5.85. The molecule has 0 saturated heterocycles. The third-order valence-corrected chi connectivity index (χ3v) is 2.19. The van der Waals surface area contributed by atoms with Crippen LogP contribution in [0.3, 0.4) is 0 Å². The zero-order valence-corrected chi connectivity index (χ0v) is 11.1. The molecule has 0 spiro atoms. The Morgan fingerprint density at radius 3 is 2.63 bits per heavy atom. The Bertz CT molecular complexity index is 627. The molecule has 0 bridgehead atoms. The number of fused-ring (bicyclic) bond motifs is 1. The summed E-state index contributed by atoms with van der Waals surface area (Å²) >= 11 is 0. The van der Waals surface area contributed by atoms with Crippen molar-refractivity contribution in [3.05, 3.63) is 40.2 Å². The number of benzene rings is 1. The molecule has 1 heterocycles. The van der Waals surface area contributed by atoms with Crippen LogP contribution in [0.4, 0.5) is 0 Å². The fourth-order valence-corrected chi connectivity index (χ4v) is 1.45. The first-order chi connectivity index (χ1) is 9.11. The van der Waals surface area contributed by atoms with Crippen LogP contribution in [0.15, 0.2) is 33.5 Å². The van der Waals surface area contributed by atoms with Gasteiger partial charge in [-0.3, -0.25) is 4.79 Å². The summed E-state index contributed by atoms with van der Waals surface area (Å²) in [5, 5.41) is 9.58. The number of ether oxygens (including phenoxy) is 1. The van der Waals surface area contributed by atoms with Gasteiger partial charge in [0.25, 0.3) is 0 Å². The number of carbonyl (C=O) groups is 1. The van der Waals surface area contributed by atoms with Crippen LogP contribution in [-0.4, -0.2) is 17.7 Å². The van der Waals surface area contributed by atoms with Gasteiger partial charge in [0.05, 0.1) is 12.0 Å². The Kier molecular flexibility index (Phi) is 5.11. The molecule has 19 heavy (non-hydrogen) atoms. The van der Waals surface area contributed by atoms with Crippen LogP contribution in [0.5, 0.6) is 5.75 Å². The number of aromatic hydroxyl groups is 1. The molecular formula is C14H16O5. The van der Waals surface area contributed by atoms with E-state index < -0.39 is 5.97 Å². The zero-order chi connectivity index (χ0) is 14.4. The van der Waals surface area contributed by atoms with Crippen LogP contribution < -0.4 is 5.43 Å². The second-order valence-electron chi connectivity index (χ2n) is 3.38. The third kappa shape index (κ3) is 3.34. The highest BCUT2D eigenvalue weighted by Crippen LogP contribution is 2.18. The lowest BCUT2D eigenvalue weighted by Gasteiger charge is -2.02. The first-order valence-electron chi connectivity index (χ1n) is 6.06. The lowest BCUT2D eigenvalue weighted by Crippen LogP contribution is -2.09. The van der Waals surface area contributed by atoms with Crippen LogP contribution in [0.25, 0.3) is 11.0 Å². The largest absolute Gasteiger partial charge is 0.508 e. The minimum Gasteiger partial charge on any atom is -0.508 e. The molecule has 0 fully saturated rings. The highest BCUT2D eigenvalue weighted by Gasteiger charge is 2.13. The SMILES string of the molecule is CC.CCOC(=O)c1cc(=O)c2ccc(O)cc2o1. The summed E-state index contributed by atoms with van der Waals surface area (Å²) in [6.07, 6.45) is 0. The average molecular weight is 264 g/mol. The van der Waals surface area contributed by atoms with Crippen LogP contribution in [0.1, 0.15) is 31.3 Å². The van der Waals surface area contributed by atoms with Crippen LogP contribution >= 0.6 is 0 Å². The molecule has 2 aromatic rings. The third-order valence-electron chi connectivity index (χ3n) is 2.19. The van der Waals surface area contributed by atoms with Crippen molar-refractivity contribution >= 4 is 16.9 Å². The van der Waals surface area contributed by atoms with Gasteiger partial charge in [0.15, 0.2) is 5.43 Å². The van der Waals surface area contributed by atoms with Crippen LogP contribution in [-0.2, 0) is 4.74 Å². The maximum Gasteiger partial charge on any atom is 0.374 e. The Morgan fingerprint density at radius 1 is 1.32 bits per heavy atom. The molecule has 0 atom stereocenters. The minimum atomic E-state index is -0.699. The maximum absolute atomic E-state index is 11.7. The fraction of sp³-hybridized carbons (Fsp3) is 0.286. The smallest absolute Gasteiger partial charge is 0.374 e. The second kappa shape index (κ2) is 6.58. The van der Waals surface area contributed by atoms with Crippen molar-refractivity contribution in [1.29, 1.82) is 0 Å². The topological polar surface area (TPSA) is 76.7 Å². The van der Waals surface area contributed by atoms with Crippen molar-refractivity contribution in [2.45, 2.75) is 20.8 Å². The quantitative estimate of drug-likeness (QED) is 0.844. The van der Waals surface area contributed by atoms with E-state index in [1.807, 2.05) is 13.8 Å². The van der Waals surface area contributed by atoms with E-state index in [1.54, 1.807) is 6.92 Å². The van der Waals surface area contributed by atoms with Crippen molar-refractivity contribution in [3.63, 3.8) is 0 Å². The van der Waals surface area contributed by atoms with Crippen molar-refractivity contribution in [2.75, 3.05) is 6.61 Å². The average Bonchev–Trinajstić information content (AvgIpc) is 2.40. The van der Waals surface area contributed by atoms with E-state index in [1.165, 1.54) is 18.2 Å². The Labute approximate surface area is 110 Å². The molecule has 1 aromatic heterocycles. The van der Waals surface area contributed by atoms with Gasteiger partial charge in [-0.2, -0.15) is 0 Å². The molecule has 5 nitrogen and oxygen atoms in total. The molecule has 0 aliphatic heterocycles. The fourth-order valence-electron chi connectivity index (χ4n) is 1.45. The molecule has 5 heteroatoms. The molecule has 0 unspecified atom stereocenters. The van der Waals surface area contributed by atoms with E-state index in [2.05, 4.69) is 0 Å². The number of phenolic OH excluding ortho intramolecular Hbond substituents is 1. The molecule has 0 aliphatic rings. The molecule has 0 aliphatic carbocycles. The van der Waals surface area contributed by atoms with Gasteiger partial charge in [-0.15, -0.1) is 0 Å². The lowest BCUT2D eigenvalue weighted by molar-refractivity contribution is 0.0490. The van der Waals surface area contributed by atoms with E-state index in [9.17, 15) is 14.7 Å². The van der Waals surface area contributed by atoms with Crippen molar-refractivity contribution in [1.82, 2.24) is 0 Å². The van der Waals surface area contributed by atoms with Crippen molar-refractivity contribution in [2.24, 2.45) is 0 Å². The van der Waals surface area contributed by atoms with Crippen molar-refractivity contribution in [3.8, 4) is 5.75 Å². The van der Waals surface area contributed by atoms with Crippen LogP contribution in [0, 0.1) is 0 Å². The van der Waals surface area contributed by atoms with E-state index in [-0.39, 0.29) is 29.1 Å². The number of phenols is 1. The normalized spacial score (nSPS) is 9.63. The van der Waals surface area contributed by atoms with Crippen molar-refractivity contribution < 1.29 is 19.1 Å². The monoisotopic (exact) mass is 264 g/mol. The lowest BCUT2D eigenvalue weighted by atomic mass is 10.2. The molecule has 0 saturated carbocycles. The van der Waals surface area contributed by atoms with E-state index in [0.717, 1.165) is 6.07 Å². The molecule has 0 radical (unpaired) electrons. The molecule has 1 N–H and O–H groups in total. The highest BCUT2D eigenvalue weighted by molar-refractivity contribution is 5.89. The summed E-state index contributed by atoms with van der Waals surface area (Å²) in [4.78, 5) is 23.1. The predicted molar refractivity (Wildman–Crippen MR) is 71.5 cm³/mol. The summed E-state index contributed by atoms with van der Waals surface area (Å²) in [7, 11) is 0. The van der Waals surface area contributed by atoms with Gasteiger partial charge in [-0.25, -0.2) is 4.79 Å². The minimum absolute atomic E-state index is 0.0401. The first kappa shape index (κ1) is 14.8. The zero-order valence-electron chi connectivity index (χ0n) is 11.1. The van der Waals surface area contributed by atoms with E-state index >= 15 is 0 Å². The molecule has 102 valence electrons. The number of esters is 1. The maximum atomic E-state index is 11.7. The van der Waals surface area contributed by atoms with Gasteiger partial charge >= 0.3 is 5.97 Å². The summed E-state index contributed by atoms with van der Waals surface area (Å²) < 4.78 is 9.93. The first-order valence-corrected chi connectivity index (χ1v) is 6.06. The van der Waals surface area contributed by atoms with Gasteiger partial charge in [0, 0.05) is 12.1 Å². The standard InChI is InChI=1S/C12H10O5.C2H6/c1-2-16-12(15)11-6-9(14)8-4-3-7(13)5-10(8)17-11;1-2/h3-6,13H,2H2,1H3;1-2H3. The Balaban J connectivity index is 0.000000861. The molecule has 2 rings (SSSR count).